The first-order valence-corrected chi connectivity index (χ1v) is 8.17. The molecule has 0 spiro atoms. The van der Waals surface area contributed by atoms with Gasteiger partial charge in [0.25, 0.3) is 10.0 Å². The Bertz CT molecular complexity index is 789. The molecule has 1 heterocycles. The van der Waals surface area contributed by atoms with E-state index in [-0.39, 0.29) is 20.7 Å². The summed E-state index contributed by atoms with van der Waals surface area (Å²) in [6, 6.07) is 2.56. The highest BCUT2D eigenvalue weighted by atomic mass is 79.9. The SMILES string of the molecule is Cc1cc(Br)c(F)cc1NS(=O)(=O)c1c(CO)n[nH]c1C. The van der Waals surface area contributed by atoms with Gasteiger partial charge in [-0.3, -0.25) is 9.82 Å². The quantitative estimate of drug-likeness (QED) is 0.760. The van der Waals surface area contributed by atoms with Crippen molar-refractivity contribution in [3.05, 3.63) is 39.4 Å². The van der Waals surface area contributed by atoms with Crippen LogP contribution >= 0.6 is 15.9 Å². The van der Waals surface area contributed by atoms with Gasteiger partial charge in [0.15, 0.2) is 0 Å². The van der Waals surface area contributed by atoms with Gasteiger partial charge in [0, 0.05) is 0 Å². The Morgan fingerprint density at radius 3 is 2.71 bits per heavy atom. The monoisotopic (exact) mass is 377 g/mol. The molecule has 0 saturated carbocycles. The van der Waals surface area contributed by atoms with E-state index in [9.17, 15) is 12.8 Å². The molecule has 0 bridgehead atoms. The summed E-state index contributed by atoms with van der Waals surface area (Å²) in [5.41, 5.74) is 0.982. The lowest BCUT2D eigenvalue weighted by Gasteiger charge is -2.11. The van der Waals surface area contributed by atoms with Crippen LogP contribution in [0.4, 0.5) is 10.1 Å². The van der Waals surface area contributed by atoms with Crippen molar-refractivity contribution in [2.45, 2.75) is 25.3 Å². The van der Waals surface area contributed by atoms with Crippen molar-refractivity contribution in [1.29, 1.82) is 0 Å². The van der Waals surface area contributed by atoms with Crippen molar-refractivity contribution in [1.82, 2.24) is 10.2 Å². The van der Waals surface area contributed by atoms with E-state index in [0.29, 0.717) is 11.3 Å². The van der Waals surface area contributed by atoms with E-state index in [1.807, 2.05) is 0 Å². The molecule has 1 aromatic heterocycles. The maximum Gasteiger partial charge on any atom is 0.265 e. The largest absolute Gasteiger partial charge is 0.390 e. The number of halogens is 2. The summed E-state index contributed by atoms with van der Waals surface area (Å²) >= 11 is 3.03. The number of rotatable bonds is 4. The van der Waals surface area contributed by atoms with E-state index in [4.69, 9.17) is 5.11 Å². The third-order valence-corrected chi connectivity index (χ3v) is 5.07. The molecule has 0 fully saturated rings. The van der Waals surface area contributed by atoms with Gasteiger partial charge >= 0.3 is 0 Å². The molecule has 0 radical (unpaired) electrons. The van der Waals surface area contributed by atoms with Gasteiger partial charge in [0.1, 0.15) is 16.4 Å². The number of nitrogens with one attached hydrogen (secondary N) is 2. The minimum Gasteiger partial charge on any atom is -0.390 e. The Hall–Kier alpha value is -1.45. The second-order valence-corrected chi connectivity index (χ2v) is 6.94. The Balaban J connectivity index is 2.47. The van der Waals surface area contributed by atoms with E-state index >= 15 is 0 Å². The van der Waals surface area contributed by atoms with Gasteiger partial charge in [-0.15, -0.1) is 0 Å². The van der Waals surface area contributed by atoms with Gasteiger partial charge < -0.3 is 5.11 Å². The molecule has 0 aliphatic heterocycles. The second kappa shape index (κ2) is 5.74. The molecule has 9 heteroatoms. The summed E-state index contributed by atoms with van der Waals surface area (Å²) in [5.74, 6) is -0.579. The van der Waals surface area contributed by atoms with Crippen LogP contribution < -0.4 is 4.72 Å². The summed E-state index contributed by atoms with van der Waals surface area (Å²) in [4.78, 5) is -0.132. The maximum absolute atomic E-state index is 13.6. The fourth-order valence-electron chi connectivity index (χ4n) is 1.89. The Labute approximate surface area is 129 Å². The number of hydrogen-bond donors (Lipinski definition) is 3. The Morgan fingerprint density at radius 1 is 1.43 bits per heavy atom. The average molecular weight is 378 g/mol. The van der Waals surface area contributed by atoms with Crippen molar-refractivity contribution >= 4 is 31.6 Å². The minimum absolute atomic E-state index is 0.00948. The third-order valence-electron chi connectivity index (χ3n) is 2.89. The van der Waals surface area contributed by atoms with Crippen molar-refractivity contribution in [3.63, 3.8) is 0 Å². The smallest absolute Gasteiger partial charge is 0.265 e. The van der Waals surface area contributed by atoms with Crippen LogP contribution in [0.2, 0.25) is 0 Å². The number of nitrogens with zero attached hydrogens (tertiary/aromatic N) is 1. The van der Waals surface area contributed by atoms with Gasteiger partial charge in [0.05, 0.1) is 22.5 Å². The summed E-state index contributed by atoms with van der Waals surface area (Å²) in [7, 11) is -3.98. The van der Waals surface area contributed by atoms with Crippen LogP contribution in [-0.4, -0.2) is 23.7 Å². The van der Waals surface area contributed by atoms with Crippen molar-refractivity contribution in [2.24, 2.45) is 0 Å². The van der Waals surface area contributed by atoms with E-state index in [1.165, 1.54) is 13.0 Å². The molecule has 6 nitrogen and oxygen atoms in total. The number of H-pyrrole nitrogens is 1. The predicted octanol–water partition coefficient (Wildman–Crippen LogP) is 2.22. The first kappa shape index (κ1) is 15.9. The second-order valence-electron chi connectivity index (χ2n) is 4.47. The Morgan fingerprint density at radius 2 is 2.10 bits per heavy atom. The zero-order valence-corrected chi connectivity index (χ0v) is 13.6. The molecule has 0 aliphatic rings. The molecule has 0 atom stereocenters. The molecule has 0 aliphatic carbocycles. The van der Waals surface area contributed by atoms with Crippen LogP contribution in [0.3, 0.4) is 0 Å². The van der Waals surface area contributed by atoms with Gasteiger partial charge in [-0.1, -0.05) is 0 Å². The molecule has 114 valence electrons. The van der Waals surface area contributed by atoms with E-state index in [2.05, 4.69) is 30.8 Å². The topological polar surface area (TPSA) is 95.1 Å². The zero-order chi connectivity index (χ0) is 15.8. The van der Waals surface area contributed by atoms with Crippen LogP contribution in [0.1, 0.15) is 17.0 Å². The fraction of sp³-hybridized carbons (Fsp3) is 0.250. The highest BCUT2D eigenvalue weighted by Gasteiger charge is 2.25. The highest BCUT2D eigenvalue weighted by molar-refractivity contribution is 9.10. The van der Waals surface area contributed by atoms with Crippen LogP contribution in [0.15, 0.2) is 21.5 Å². The molecule has 1 aromatic carbocycles. The summed E-state index contributed by atoms with van der Waals surface area (Å²) < 4.78 is 40.9. The number of aliphatic hydroxyl groups excluding tert-OH is 1. The molecular weight excluding hydrogens is 365 g/mol. The van der Waals surface area contributed by atoms with Gasteiger partial charge in [0.2, 0.25) is 0 Å². The van der Waals surface area contributed by atoms with E-state index in [0.717, 1.165) is 6.07 Å². The third kappa shape index (κ3) is 3.09. The van der Waals surface area contributed by atoms with Crippen molar-refractivity contribution in [2.75, 3.05) is 4.72 Å². The number of aryl methyl sites for hydroxylation is 2. The molecule has 2 aromatic rings. The highest BCUT2D eigenvalue weighted by Crippen LogP contribution is 2.27. The summed E-state index contributed by atoms with van der Waals surface area (Å²) in [6.45, 7) is 2.65. The lowest BCUT2D eigenvalue weighted by atomic mass is 10.2. The molecule has 2 rings (SSSR count). The summed E-state index contributed by atoms with van der Waals surface area (Å²) in [5, 5.41) is 15.4. The first-order chi connectivity index (χ1) is 9.76. The number of anilines is 1. The lowest BCUT2D eigenvalue weighted by Crippen LogP contribution is -2.16. The Kier molecular flexibility index (Phi) is 4.35. The molecule has 0 unspecified atom stereocenters. The van der Waals surface area contributed by atoms with Crippen LogP contribution in [0.5, 0.6) is 0 Å². The van der Waals surface area contributed by atoms with E-state index in [1.54, 1.807) is 6.92 Å². The zero-order valence-electron chi connectivity index (χ0n) is 11.2. The maximum atomic E-state index is 13.6. The summed E-state index contributed by atoms with van der Waals surface area (Å²) in [6.07, 6.45) is 0. The van der Waals surface area contributed by atoms with Crippen LogP contribution in [-0.2, 0) is 16.6 Å². The van der Waals surface area contributed by atoms with Crippen LogP contribution in [0, 0.1) is 19.7 Å². The number of hydrogen-bond acceptors (Lipinski definition) is 4. The molecule has 21 heavy (non-hydrogen) atoms. The number of aliphatic hydroxyl groups is 1. The average Bonchev–Trinajstić information content (AvgIpc) is 2.77. The minimum atomic E-state index is -3.98. The molecule has 0 amide bonds. The first-order valence-electron chi connectivity index (χ1n) is 5.89. The van der Waals surface area contributed by atoms with Crippen molar-refractivity contribution < 1.29 is 17.9 Å². The number of aromatic amines is 1. The van der Waals surface area contributed by atoms with Crippen LogP contribution in [0.25, 0.3) is 0 Å². The number of benzene rings is 1. The van der Waals surface area contributed by atoms with Gasteiger partial charge in [-0.05, 0) is 47.5 Å². The molecular formula is C12H13BrFN3O3S. The van der Waals surface area contributed by atoms with Gasteiger partial charge in [-0.2, -0.15) is 5.10 Å². The normalized spacial score (nSPS) is 11.7. The number of aromatic nitrogens is 2. The van der Waals surface area contributed by atoms with E-state index < -0.39 is 22.4 Å². The van der Waals surface area contributed by atoms with Crippen molar-refractivity contribution in [3.8, 4) is 0 Å². The lowest BCUT2D eigenvalue weighted by molar-refractivity contribution is 0.273. The molecule has 3 N–H and O–H groups in total. The van der Waals surface area contributed by atoms with Gasteiger partial charge in [-0.25, -0.2) is 12.8 Å². The number of sulfonamides is 1. The fourth-order valence-corrected chi connectivity index (χ4v) is 3.82. The molecule has 0 saturated heterocycles. The standard InChI is InChI=1S/C12H13BrFN3O3S/c1-6-3-8(13)9(14)4-10(6)17-21(19,20)12-7(2)15-16-11(12)5-18/h3-4,17-18H,5H2,1-2H3,(H,15,16). The predicted molar refractivity (Wildman–Crippen MR) is 78.9 cm³/mol.